The second-order valence-corrected chi connectivity index (χ2v) is 7.74. The van der Waals surface area contributed by atoms with Gasteiger partial charge in [0.1, 0.15) is 17.3 Å². The average molecular weight is 364 g/mol. The Bertz CT molecular complexity index is 784. The number of hydrogen-bond acceptors (Lipinski definition) is 4. The van der Waals surface area contributed by atoms with Crippen LogP contribution >= 0.6 is 0 Å². The zero-order chi connectivity index (χ0) is 17.8. The Kier molecular flexibility index (Phi) is 5.63. The first-order valence-corrected chi connectivity index (χ1v) is 9.87. The van der Waals surface area contributed by atoms with Crippen LogP contribution in [-0.4, -0.2) is 26.9 Å². The fraction of sp³-hybridized carbons (Fsp3) is 0.444. The quantitative estimate of drug-likeness (QED) is 0.855. The predicted molar refractivity (Wildman–Crippen MR) is 93.7 cm³/mol. The van der Waals surface area contributed by atoms with Crippen molar-refractivity contribution in [1.29, 1.82) is 0 Å². The van der Waals surface area contributed by atoms with Gasteiger partial charge in [0.15, 0.2) is 0 Å². The molecule has 0 radical (unpaired) electrons. The Morgan fingerprint density at radius 2 is 2.08 bits per heavy atom. The van der Waals surface area contributed by atoms with Crippen molar-refractivity contribution >= 4 is 16.7 Å². The molecule has 0 spiro atoms. The first kappa shape index (κ1) is 17.8. The van der Waals surface area contributed by atoms with Crippen LogP contribution in [0.5, 0.6) is 0 Å². The number of hydrogen-bond donors (Lipinski definition) is 1. The van der Waals surface area contributed by atoms with Crippen molar-refractivity contribution in [2.24, 2.45) is 0 Å². The summed E-state index contributed by atoms with van der Waals surface area (Å²) in [6, 6.07) is 6.42. The Morgan fingerprint density at radius 1 is 1.36 bits per heavy atom. The first-order chi connectivity index (χ1) is 12.0. The molecule has 1 fully saturated rings. The van der Waals surface area contributed by atoms with Gasteiger partial charge in [-0.25, -0.2) is 9.37 Å². The molecule has 0 aliphatic heterocycles. The zero-order valence-electron chi connectivity index (χ0n) is 14.1. The summed E-state index contributed by atoms with van der Waals surface area (Å²) in [7, 11) is -1.39. The van der Waals surface area contributed by atoms with E-state index in [0.29, 0.717) is 11.5 Å². The Hall–Kier alpha value is -2.02. The molecule has 1 N–H and O–H groups in total. The molecule has 1 aliphatic carbocycles. The summed E-state index contributed by atoms with van der Waals surface area (Å²) in [5.41, 5.74) is 0.756. The summed E-state index contributed by atoms with van der Waals surface area (Å²) < 4.78 is 31.6. The average Bonchev–Trinajstić information content (AvgIpc) is 3.18. The number of nitrogens with zero attached hydrogens (tertiary/aromatic N) is 1. The number of rotatable bonds is 6. The van der Waals surface area contributed by atoms with E-state index in [0.717, 1.165) is 25.7 Å². The second kappa shape index (κ2) is 7.91. The van der Waals surface area contributed by atoms with E-state index in [9.17, 15) is 13.4 Å². The highest BCUT2D eigenvalue weighted by molar-refractivity contribution is 7.84. The molecule has 1 atom stereocenters. The van der Waals surface area contributed by atoms with Gasteiger partial charge in [-0.05, 0) is 31.9 Å². The van der Waals surface area contributed by atoms with Crippen LogP contribution in [-0.2, 0) is 21.3 Å². The fourth-order valence-electron chi connectivity index (χ4n) is 3.00. The number of nitrogens with one attached hydrogen (secondary N) is 1. The van der Waals surface area contributed by atoms with Crippen LogP contribution < -0.4 is 5.32 Å². The molecule has 5 nitrogen and oxygen atoms in total. The van der Waals surface area contributed by atoms with E-state index in [4.69, 9.17) is 4.42 Å². The highest BCUT2D eigenvalue weighted by Crippen LogP contribution is 2.24. The van der Waals surface area contributed by atoms with Crippen LogP contribution in [0.2, 0.25) is 0 Å². The van der Waals surface area contributed by atoms with Gasteiger partial charge in [-0.2, -0.15) is 0 Å². The molecule has 134 valence electrons. The van der Waals surface area contributed by atoms with Gasteiger partial charge in [0, 0.05) is 16.8 Å². The minimum atomic E-state index is -1.39. The van der Waals surface area contributed by atoms with Crippen molar-refractivity contribution in [2.75, 3.05) is 5.75 Å². The minimum Gasteiger partial charge on any atom is -0.441 e. The summed E-state index contributed by atoms with van der Waals surface area (Å²) in [6.07, 6.45) is 4.25. The zero-order valence-corrected chi connectivity index (χ0v) is 14.9. The molecule has 1 aromatic carbocycles. The maximum atomic E-state index is 13.8. The van der Waals surface area contributed by atoms with Gasteiger partial charge in [-0.1, -0.05) is 25.0 Å². The lowest BCUT2D eigenvalue weighted by Crippen LogP contribution is -2.35. The molecule has 2 aromatic rings. The smallest absolute Gasteiger partial charge is 0.232 e. The first-order valence-electron chi connectivity index (χ1n) is 8.38. The lowest BCUT2D eigenvalue weighted by Gasteiger charge is -2.11. The molecular weight excluding hydrogens is 343 g/mol. The van der Waals surface area contributed by atoms with Crippen molar-refractivity contribution in [3.05, 3.63) is 41.5 Å². The molecule has 1 saturated carbocycles. The summed E-state index contributed by atoms with van der Waals surface area (Å²) in [5.74, 6) is 0.0913. The molecule has 0 bridgehead atoms. The standard InChI is InChI=1S/C18H21FN2O3S/c1-12-16(21-18(24-12)14-8-4-5-9-15(14)19)10-25(23)11-17(22)20-13-6-2-3-7-13/h4-5,8-9,13H,2-3,6-7,10-11H2,1H3,(H,20,22)/t25-/m0/s1. The van der Waals surface area contributed by atoms with Gasteiger partial charge < -0.3 is 9.73 Å². The van der Waals surface area contributed by atoms with Crippen LogP contribution in [0.3, 0.4) is 0 Å². The highest BCUT2D eigenvalue weighted by atomic mass is 32.2. The topological polar surface area (TPSA) is 72.2 Å². The molecular formula is C18H21FN2O3S. The normalized spacial score (nSPS) is 16.1. The van der Waals surface area contributed by atoms with Crippen molar-refractivity contribution < 1.29 is 17.8 Å². The number of benzene rings is 1. The maximum Gasteiger partial charge on any atom is 0.232 e. The van der Waals surface area contributed by atoms with E-state index < -0.39 is 16.6 Å². The monoisotopic (exact) mass is 364 g/mol. The molecule has 1 aliphatic rings. The minimum absolute atomic E-state index is 0.0577. The molecule has 1 amide bonds. The number of carbonyl (C=O) groups excluding carboxylic acids is 1. The molecule has 1 aromatic heterocycles. The van der Waals surface area contributed by atoms with Crippen molar-refractivity contribution in [3.63, 3.8) is 0 Å². The number of aromatic nitrogens is 1. The van der Waals surface area contributed by atoms with Gasteiger partial charge in [-0.3, -0.25) is 9.00 Å². The van der Waals surface area contributed by atoms with Gasteiger partial charge in [-0.15, -0.1) is 0 Å². The molecule has 1 heterocycles. The van der Waals surface area contributed by atoms with Crippen molar-refractivity contribution in [2.45, 2.75) is 44.4 Å². The summed E-state index contributed by atoms with van der Waals surface area (Å²) >= 11 is 0. The predicted octanol–water partition coefficient (Wildman–Crippen LogP) is 3.10. The van der Waals surface area contributed by atoms with Gasteiger partial charge in [0.25, 0.3) is 0 Å². The molecule has 3 rings (SSSR count). The molecule has 0 saturated heterocycles. The summed E-state index contributed by atoms with van der Waals surface area (Å²) in [5, 5.41) is 2.92. The number of halogens is 1. The molecule has 25 heavy (non-hydrogen) atoms. The van der Waals surface area contributed by atoms with Crippen LogP contribution in [0.1, 0.15) is 37.1 Å². The van der Waals surface area contributed by atoms with Crippen molar-refractivity contribution in [3.8, 4) is 11.5 Å². The van der Waals surface area contributed by atoms with Crippen LogP contribution in [0.4, 0.5) is 4.39 Å². The van der Waals surface area contributed by atoms with Crippen molar-refractivity contribution in [1.82, 2.24) is 10.3 Å². The fourth-order valence-corrected chi connectivity index (χ4v) is 4.05. The third-order valence-corrected chi connectivity index (χ3v) is 5.49. The largest absolute Gasteiger partial charge is 0.441 e. The Balaban J connectivity index is 1.61. The van der Waals surface area contributed by atoms with Crippen LogP contribution in [0.25, 0.3) is 11.5 Å². The third kappa shape index (κ3) is 4.54. The number of carbonyl (C=O) groups is 1. The van der Waals surface area contributed by atoms with Crippen LogP contribution in [0.15, 0.2) is 28.7 Å². The Morgan fingerprint density at radius 3 is 2.80 bits per heavy atom. The lowest BCUT2D eigenvalue weighted by atomic mass is 10.2. The van der Waals surface area contributed by atoms with Gasteiger partial charge >= 0.3 is 0 Å². The molecule has 0 unspecified atom stereocenters. The van der Waals surface area contributed by atoms with E-state index in [1.54, 1.807) is 25.1 Å². The maximum absolute atomic E-state index is 13.8. The lowest BCUT2D eigenvalue weighted by molar-refractivity contribution is -0.119. The van der Waals surface area contributed by atoms with E-state index in [1.807, 2.05) is 0 Å². The van der Waals surface area contributed by atoms with E-state index in [2.05, 4.69) is 10.3 Å². The Labute approximate surface area is 148 Å². The number of aryl methyl sites for hydroxylation is 1. The second-order valence-electron chi connectivity index (χ2n) is 6.28. The van der Waals surface area contributed by atoms with Crippen LogP contribution in [0, 0.1) is 12.7 Å². The SMILES string of the molecule is Cc1oc(-c2ccccc2F)nc1C[S@](=O)CC(=O)NC1CCCC1. The summed E-state index contributed by atoms with van der Waals surface area (Å²) in [4.78, 5) is 16.2. The van der Waals surface area contributed by atoms with E-state index in [-0.39, 0.29) is 34.9 Å². The van der Waals surface area contributed by atoms with E-state index >= 15 is 0 Å². The number of oxazole rings is 1. The van der Waals surface area contributed by atoms with E-state index in [1.165, 1.54) is 6.07 Å². The highest BCUT2D eigenvalue weighted by Gasteiger charge is 2.20. The summed E-state index contributed by atoms with van der Waals surface area (Å²) in [6.45, 7) is 1.70. The number of amides is 1. The van der Waals surface area contributed by atoms with Gasteiger partial charge in [0.2, 0.25) is 11.8 Å². The third-order valence-electron chi connectivity index (χ3n) is 4.31. The molecule has 7 heteroatoms. The van der Waals surface area contributed by atoms with Gasteiger partial charge in [0.05, 0.1) is 17.0 Å².